The maximum absolute atomic E-state index is 13.1. The quantitative estimate of drug-likeness (QED) is 0.276. The van der Waals surface area contributed by atoms with Crippen LogP contribution in [-0.2, 0) is 11.3 Å². The molecule has 10 heteroatoms. The molecular weight excluding hydrogens is 485 g/mol. The summed E-state index contributed by atoms with van der Waals surface area (Å²) in [7, 11) is 0. The summed E-state index contributed by atoms with van der Waals surface area (Å²) in [5.74, 6) is 0.861. The number of aryl methyl sites for hydroxylation is 2. The Hall–Kier alpha value is -3.24. The molecule has 0 aliphatic carbocycles. The van der Waals surface area contributed by atoms with E-state index in [0.717, 1.165) is 11.3 Å². The van der Waals surface area contributed by atoms with Crippen LogP contribution in [-0.4, -0.2) is 31.4 Å². The molecule has 35 heavy (non-hydrogen) atoms. The average Bonchev–Trinajstić information content (AvgIpc) is 3.47. The minimum atomic E-state index is -0.393. The first-order chi connectivity index (χ1) is 16.8. The Bertz CT molecular complexity index is 1320. The topological polar surface area (TPSA) is 81.9 Å². The lowest BCUT2D eigenvalue weighted by Crippen LogP contribution is -2.15. The van der Waals surface area contributed by atoms with Gasteiger partial charge in [0.1, 0.15) is 11.6 Å². The molecule has 2 aromatic heterocycles. The number of carbonyl (C=O) groups is 1. The predicted octanol–water partition coefficient (Wildman–Crippen LogP) is 6.05. The average molecular weight is 512 g/mol. The highest BCUT2D eigenvalue weighted by Gasteiger charge is 2.20. The van der Waals surface area contributed by atoms with E-state index in [9.17, 15) is 9.18 Å². The van der Waals surface area contributed by atoms with Gasteiger partial charge in [-0.2, -0.15) is 0 Å². The molecule has 0 saturated carbocycles. The van der Waals surface area contributed by atoms with Crippen molar-refractivity contribution in [1.29, 1.82) is 0 Å². The van der Waals surface area contributed by atoms with E-state index in [1.54, 1.807) is 12.1 Å². The molecule has 7 nitrogen and oxygen atoms in total. The molecule has 0 aliphatic rings. The van der Waals surface area contributed by atoms with Crippen LogP contribution in [0.4, 0.5) is 9.52 Å². The van der Waals surface area contributed by atoms with Crippen LogP contribution in [0.25, 0.3) is 11.3 Å². The lowest BCUT2D eigenvalue weighted by atomic mass is 10.1. The molecule has 0 fully saturated rings. The van der Waals surface area contributed by atoms with Gasteiger partial charge in [0.25, 0.3) is 0 Å². The maximum atomic E-state index is 13.1. The lowest BCUT2D eigenvalue weighted by Gasteiger charge is -2.15. The fourth-order valence-corrected chi connectivity index (χ4v) is 4.97. The molecule has 4 aromatic rings. The minimum absolute atomic E-state index is 0.168. The Morgan fingerprint density at radius 3 is 2.66 bits per heavy atom. The van der Waals surface area contributed by atoms with Crippen LogP contribution in [0.5, 0.6) is 5.75 Å². The highest BCUT2D eigenvalue weighted by Crippen LogP contribution is 2.28. The summed E-state index contributed by atoms with van der Waals surface area (Å²) in [6.07, 6.45) is -0.393. The van der Waals surface area contributed by atoms with Gasteiger partial charge in [-0.15, -0.1) is 21.5 Å². The number of carbonyl (C=O) groups excluding carboxylic acids is 1. The number of hydrogen-bond acceptors (Lipinski definition) is 7. The highest BCUT2D eigenvalue weighted by atomic mass is 32.2. The number of thiazole rings is 1. The molecule has 1 N–H and O–H groups in total. The first kappa shape index (κ1) is 24.9. The predicted molar refractivity (Wildman–Crippen MR) is 138 cm³/mol. The van der Waals surface area contributed by atoms with Crippen molar-refractivity contribution in [3.8, 4) is 17.0 Å². The first-order valence-electron chi connectivity index (χ1n) is 11.1. The van der Waals surface area contributed by atoms with Crippen LogP contribution < -0.4 is 10.1 Å². The Morgan fingerprint density at radius 2 is 1.94 bits per heavy atom. The smallest absolute Gasteiger partial charge is 0.236 e. The van der Waals surface area contributed by atoms with Gasteiger partial charge in [-0.25, -0.2) is 9.37 Å². The highest BCUT2D eigenvalue weighted by molar-refractivity contribution is 7.99. The van der Waals surface area contributed by atoms with Gasteiger partial charge in [-0.3, -0.25) is 4.79 Å². The summed E-state index contributed by atoms with van der Waals surface area (Å²) < 4.78 is 20.9. The second-order valence-electron chi connectivity index (χ2n) is 7.97. The molecule has 4 rings (SSSR count). The zero-order valence-electron chi connectivity index (χ0n) is 19.9. The van der Waals surface area contributed by atoms with Crippen LogP contribution in [0.3, 0.4) is 0 Å². The Kier molecular flexibility index (Phi) is 7.82. The number of benzene rings is 2. The van der Waals surface area contributed by atoms with E-state index in [0.29, 0.717) is 28.4 Å². The normalized spacial score (nSPS) is 11.9. The van der Waals surface area contributed by atoms with E-state index in [1.165, 1.54) is 46.4 Å². The molecule has 0 spiro atoms. The van der Waals surface area contributed by atoms with Gasteiger partial charge >= 0.3 is 0 Å². The molecule has 1 atom stereocenters. The summed E-state index contributed by atoms with van der Waals surface area (Å²) in [4.78, 5) is 17.1. The Labute approximate surface area is 211 Å². The minimum Gasteiger partial charge on any atom is -0.483 e. The summed E-state index contributed by atoms with van der Waals surface area (Å²) in [6.45, 7) is 8.60. The van der Waals surface area contributed by atoms with E-state index in [-0.39, 0.29) is 17.5 Å². The van der Waals surface area contributed by atoms with Crippen LogP contribution in [0.15, 0.2) is 53.0 Å². The third-order valence-corrected chi connectivity index (χ3v) is 7.16. The van der Waals surface area contributed by atoms with Gasteiger partial charge in [-0.05, 0) is 69.2 Å². The molecule has 2 heterocycles. The fraction of sp³-hybridized carbons (Fsp3) is 0.280. The van der Waals surface area contributed by atoms with Gasteiger partial charge in [0.05, 0.1) is 11.4 Å². The van der Waals surface area contributed by atoms with E-state index >= 15 is 0 Å². The summed E-state index contributed by atoms with van der Waals surface area (Å²) in [5.41, 5.74) is 4.30. The van der Waals surface area contributed by atoms with Crippen molar-refractivity contribution in [3.63, 3.8) is 0 Å². The number of nitrogens with one attached hydrogen (secondary N) is 1. The van der Waals surface area contributed by atoms with Gasteiger partial charge < -0.3 is 14.6 Å². The Balaban J connectivity index is 1.36. The van der Waals surface area contributed by atoms with Crippen LogP contribution in [0.2, 0.25) is 0 Å². The Morgan fingerprint density at radius 1 is 1.17 bits per heavy atom. The maximum Gasteiger partial charge on any atom is 0.236 e. The molecular formula is C25H26FN5O2S2. The number of amides is 1. The van der Waals surface area contributed by atoms with Crippen molar-refractivity contribution in [1.82, 2.24) is 19.7 Å². The van der Waals surface area contributed by atoms with Crippen molar-refractivity contribution in [2.24, 2.45) is 0 Å². The summed E-state index contributed by atoms with van der Waals surface area (Å²) in [6, 6.07) is 12.0. The fourth-order valence-electron chi connectivity index (χ4n) is 3.42. The number of thioether (sulfide) groups is 1. The molecule has 1 unspecified atom stereocenters. The SMILES string of the molecule is CCn1c(SCC(=O)Nc2nc(-c3ccc(C)c(C)c3)cs2)nnc1C(C)Oc1ccc(F)cc1. The number of anilines is 1. The molecule has 2 aromatic carbocycles. The van der Waals surface area contributed by atoms with Crippen molar-refractivity contribution in [3.05, 3.63) is 70.6 Å². The van der Waals surface area contributed by atoms with E-state index in [2.05, 4.69) is 46.5 Å². The molecule has 0 bridgehead atoms. The van der Waals surface area contributed by atoms with Gasteiger partial charge in [0.2, 0.25) is 5.91 Å². The molecule has 0 aliphatic heterocycles. The second kappa shape index (κ2) is 11.0. The van der Waals surface area contributed by atoms with E-state index in [1.807, 2.05) is 29.9 Å². The lowest BCUT2D eigenvalue weighted by molar-refractivity contribution is -0.113. The standard InChI is InChI=1S/C25H26FN5O2S2/c1-5-31-23(17(4)33-20-10-8-19(26)9-11-20)29-30-25(31)35-14-22(32)28-24-27-21(13-34-24)18-7-6-15(2)16(3)12-18/h6-13,17H,5,14H2,1-4H3,(H,27,28,32). The number of aromatic nitrogens is 4. The largest absolute Gasteiger partial charge is 0.483 e. The van der Waals surface area contributed by atoms with Crippen LogP contribution >= 0.6 is 23.1 Å². The monoisotopic (exact) mass is 511 g/mol. The van der Waals surface area contributed by atoms with E-state index in [4.69, 9.17) is 4.74 Å². The zero-order chi connectivity index (χ0) is 24.9. The van der Waals surface area contributed by atoms with Gasteiger partial charge in [0, 0.05) is 17.5 Å². The molecule has 182 valence electrons. The summed E-state index contributed by atoms with van der Waals surface area (Å²) >= 11 is 2.70. The van der Waals surface area contributed by atoms with E-state index < -0.39 is 6.10 Å². The van der Waals surface area contributed by atoms with Gasteiger partial charge in [-0.1, -0.05) is 23.9 Å². The van der Waals surface area contributed by atoms with Crippen LogP contribution in [0.1, 0.15) is 36.9 Å². The third-order valence-electron chi connectivity index (χ3n) is 5.44. The molecule has 0 radical (unpaired) electrons. The van der Waals surface area contributed by atoms with Crippen molar-refractivity contribution in [2.45, 2.75) is 45.5 Å². The van der Waals surface area contributed by atoms with Crippen molar-refractivity contribution < 1.29 is 13.9 Å². The third kappa shape index (κ3) is 6.07. The molecule has 1 amide bonds. The number of ether oxygens (including phenoxy) is 1. The molecule has 0 saturated heterocycles. The number of nitrogens with zero attached hydrogens (tertiary/aromatic N) is 4. The number of halogens is 1. The number of hydrogen-bond donors (Lipinski definition) is 1. The zero-order valence-corrected chi connectivity index (χ0v) is 21.5. The first-order valence-corrected chi connectivity index (χ1v) is 13.0. The van der Waals surface area contributed by atoms with Crippen molar-refractivity contribution >= 4 is 34.1 Å². The van der Waals surface area contributed by atoms with Crippen molar-refractivity contribution in [2.75, 3.05) is 11.1 Å². The van der Waals surface area contributed by atoms with Crippen LogP contribution in [0, 0.1) is 19.7 Å². The van der Waals surface area contributed by atoms with Gasteiger partial charge in [0.15, 0.2) is 22.2 Å². The number of rotatable bonds is 9. The second-order valence-corrected chi connectivity index (χ2v) is 9.77. The summed E-state index contributed by atoms with van der Waals surface area (Å²) in [5, 5.41) is 14.5.